The molecular weight excluding hydrogens is 390 g/mol. The molecule has 126 valence electrons. The van der Waals surface area contributed by atoms with E-state index in [1.165, 1.54) is 16.6 Å². The molecular formula is C23H15FOSe. The summed E-state index contributed by atoms with van der Waals surface area (Å²) in [4.78, 5) is 13.1. The van der Waals surface area contributed by atoms with Gasteiger partial charge in [0.05, 0.1) is 0 Å². The van der Waals surface area contributed by atoms with Gasteiger partial charge in [-0.3, -0.25) is 0 Å². The number of halogens is 1. The van der Waals surface area contributed by atoms with Crippen LogP contribution in [0.1, 0.15) is 15.9 Å². The second-order valence-corrected chi connectivity index (χ2v) is 8.19. The SMILES string of the molecule is O=C(c1ccc(F)cc1)c1ccc2ccccc2c1[Se]c1ccccc1. The Morgan fingerprint density at radius 3 is 2.19 bits per heavy atom. The zero-order valence-electron chi connectivity index (χ0n) is 13.9. The van der Waals surface area contributed by atoms with Crippen LogP contribution in [-0.4, -0.2) is 20.7 Å². The average molecular weight is 405 g/mol. The van der Waals surface area contributed by atoms with Gasteiger partial charge in [-0.05, 0) is 0 Å². The van der Waals surface area contributed by atoms with Crippen molar-refractivity contribution in [3.8, 4) is 0 Å². The maximum absolute atomic E-state index is 13.2. The van der Waals surface area contributed by atoms with Crippen LogP contribution in [-0.2, 0) is 0 Å². The number of hydrogen-bond acceptors (Lipinski definition) is 1. The Hall–Kier alpha value is -2.74. The van der Waals surface area contributed by atoms with Gasteiger partial charge in [-0.15, -0.1) is 0 Å². The topological polar surface area (TPSA) is 17.1 Å². The zero-order valence-corrected chi connectivity index (χ0v) is 15.6. The molecule has 0 bridgehead atoms. The third-order valence-corrected chi connectivity index (χ3v) is 6.61. The van der Waals surface area contributed by atoms with Crippen molar-refractivity contribution in [1.82, 2.24) is 0 Å². The van der Waals surface area contributed by atoms with Crippen LogP contribution in [0, 0.1) is 5.82 Å². The third kappa shape index (κ3) is 3.32. The van der Waals surface area contributed by atoms with Gasteiger partial charge in [0.1, 0.15) is 0 Å². The van der Waals surface area contributed by atoms with Crippen LogP contribution in [0.4, 0.5) is 4.39 Å². The van der Waals surface area contributed by atoms with E-state index in [0.717, 1.165) is 15.2 Å². The van der Waals surface area contributed by atoms with Gasteiger partial charge in [0, 0.05) is 0 Å². The predicted octanol–water partition coefficient (Wildman–Crippen LogP) is 3.86. The van der Waals surface area contributed by atoms with Gasteiger partial charge in [-0.2, -0.15) is 0 Å². The molecule has 0 aliphatic heterocycles. The summed E-state index contributed by atoms with van der Waals surface area (Å²) in [6.45, 7) is 0. The first kappa shape index (κ1) is 16.7. The minimum absolute atomic E-state index is 0.00680. The molecule has 0 atom stereocenters. The molecule has 0 aliphatic rings. The fraction of sp³-hybridized carbons (Fsp3) is 0. The maximum atomic E-state index is 13.2. The first-order chi connectivity index (χ1) is 12.7. The van der Waals surface area contributed by atoms with E-state index in [1.54, 1.807) is 12.1 Å². The van der Waals surface area contributed by atoms with Crippen molar-refractivity contribution < 1.29 is 9.18 Å². The van der Waals surface area contributed by atoms with E-state index in [1.807, 2.05) is 42.5 Å². The monoisotopic (exact) mass is 406 g/mol. The first-order valence-electron chi connectivity index (χ1n) is 8.27. The van der Waals surface area contributed by atoms with Gasteiger partial charge in [0.25, 0.3) is 0 Å². The summed E-state index contributed by atoms with van der Waals surface area (Å²) >= 11 is -0.00680. The van der Waals surface area contributed by atoms with Gasteiger partial charge in [0.15, 0.2) is 0 Å². The van der Waals surface area contributed by atoms with E-state index < -0.39 is 0 Å². The van der Waals surface area contributed by atoms with Crippen molar-refractivity contribution in [3.05, 3.63) is 108 Å². The molecule has 4 aromatic carbocycles. The molecule has 0 N–H and O–H groups in total. The summed E-state index contributed by atoms with van der Waals surface area (Å²) < 4.78 is 15.5. The molecule has 0 aliphatic carbocycles. The average Bonchev–Trinajstić information content (AvgIpc) is 2.69. The van der Waals surface area contributed by atoms with Crippen LogP contribution in [0.5, 0.6) is 0 Å². The van der Waals surface area contributed by atoms with Gasteiger partial charge >= 0.3 is 158 Å². The van der Waals surface area contributed by atoms with Crippen molar-refractivity contribution in [1.29, 1.82) is 0 Å². The van der Waals surface area contributed by atoms with Crippen LogP contribution >= 0.6 is 0 Å². The quantitative estimate of drug-likeness (QED) is 0.372. The molecule has 0 saturated heterocycles. The van der Waals surface area contributed by atoms with Crippen LogP contribution in [0.3, 0.4) is 0 Å². The molecule has 4 aromatic rings. The fourth-order valence-corrected chi connectivity index (χ4v) is 5.19. The molecule has 0 spiro atoms. The molecule has 1 nitrogen and oxygen atoms in total. The molecule has 0 aromatic heterocycles. The van der Waals surface area contributed by atoms with Crippen LogP contribution in [0.2, 0.25) is 0 Å². The number of carbonyl (C=O) groups is 1. The van der Waals surface area contributed by atoms with Gasteiger partial charge in [-0.25, -0.2) is 0 Å². The van der Waals surface area contributed by atoms with E-state index in [-0.39, 0.29) is 26.6 Å². The van der Waals surface area contributed by atoms with Crippen LogP contribution in [0.15, 0.2) is 91.0 Å². The Morgan fingerprint density at radius 1 is 0.731 bits per heavy atom. The Bertz CT molecular complexity index is 1070. The summed E-state index contributed by atoms with van der Waals surface area (Å²) in [6, 6.07) is 28.0. The molecule has 0 heterocycles. The summed E-state index contributed by atoms with van der Waals surface area (Å²) in [5, 5.41) is 2.22. The second kappa shape index (κ2) is 7.25. The number of fused-ring (bicyclic) bond motifs is 1. The van der Waals surface area contributed by atoms with Gasteiger partial charge in [-0.1, -0.05) is 0 Å². The summed E-state index contributed by atoms with van der Waals surface area (Å²) in [5.41, 5.74) is 1.20. The van der Waals surface area contributed by atoms with E-state index in [4.69, 9.17) is 0 Å². The summed E-state index contributed by atoms with van der Waals surface area (Å²) in [5.74, 6) is -0.405. The number of carbonyl (C=O) groups excluding carboxylic acids is 1. The summed E-state index contributed by atoms with van der Waals surface area (Å²) in [6.07, 6.45) is 0. The minimum atomic E-state index is -0.339. The molecule has 4 rings (SSSR count). The molecule has 0 unspecified atom stereocenters. The van der Waals surface area contributed by atoms with Crippen molar-refractivity contribution in [2.24, 2.45) is 0 Å². The summed E-state index contributed by atoms with van der Waals surface area (Å²) in [7, 11) is 0. The van der Waals surface area contributed by atoms with Crippen molar-refractivity contribution in [2.75, 3.05) is 0 Å². The molecule has 0 fully saturated rings. The van der Waals surface area contributed by atoms with Gasteiger partial charge < -0.3 is 0 Å². The second-order valence-electron chi connectivity index (χ2n) is 5.91. The third-order valence-electron chi connectivity index (χ3n) is 4.19. The van der Waals surface area contributed by atoms with E-state index in [9.17, 15) is 9.18 Å². The fourth-order valence-electron chi connectivity index (χ4n) is 2.89. The standard InChI is InChI=1S/C23H15FOSe/c24-18-13-10-17(11-14-18)22(25)21-15-12-16-6-4-5-9-20(16)23(21)26-19-7-2-1-3-8-19/h1-15H. The van der Waals surface area contributed by atoms with E-state index in [2.05, 4.69) is 24.3 Å². The van der Waals surface area contributed by atoms with Crippen LogP contribution < -0.4 is 8.92 Å². The number of benzene rings is 4. The number of rotatable bonds is 4. The van der Waals surface area contributed by atoms with E-state index in [0.29, 0.717) is 11.1 Å². The van der Waals surface area contributed by atoms with Crippen molar-refractivity contribution >= 4 is 40.4 Å². The zero-order chi connectivity index (χ0) is 17.9. The number of hydrogen-bond donors (Lipinski definition) is 0. The number of ketones is 1. The molecule has 0 saturated carbocycles. The van der Waals surface area contributed by atoms with Gasteiger partial charge in [0.2, 0.25) is 0 Å². The first-order valence-corrected chi connectivity index (χ1v) is 9.98. The molecule has 0 amide bonds. The van der Waals surface area contributed by atoms with Crippen molar-refractivity contribution in [3.63, 3.8) is 0 Å². The molecule has 26 heavy (non-hydrogen) atoms. The molecule has 3 heteroatoms. The Labute approximate surface area is 157 Å². The van der Waals surface area contributed by atoms with Crippen molar-refractivity contribution in [2.45, 2.75) is 0 Å². The van der Waals surface area contributed by atoms with Crippen LogP contribution in [0.25, 0.3) is 10.8 Å². The van der Waals surface area contributed by atoms with E-state index >= 15 is 0 Å². The Kier molecular flexibility index (Phi) is 4.66. The normalized spacial score (nSPS) is 10.8. The molecule has 0 radical (unpaired) electrons. The Morgan fingerprint density at radius 2 is 1.42 bits per heavy atom. The predicted molar refractivity (Wildman–Crippen MR) is 105 cm³/mol. The Balaban J connectivity index is 1.87.